The van der Waals surface area contributed by atoms with Crippen molar-refractivity contribution < 1.29 is 31.0 Å². The molecule has 0 aliphatic carbocycles. The Morgan fingerprint density at radius 1 is 1.38 bits per heavy atom. The predicted octanol–water partition coefficient (Wildman–Crippen LogP) is 2.09. The normalized spacial score (nSPS) is 30.3. The Kier molecular flexibility index (Phi) is 3.86. The summed E-state index contributed by atoms with van der Waals surface area (Å²) in [6.45, 7) is 6.97. The van der Waals surface area contributed by atoms with Crippen LogP contribution in [0.3, 0.4) is 0 Å². The van der Waals surface area contributed by atoms with Crippen LogP contribution < -0.4 is 10.6 Å². The van der Waals surface area contributed by atoms with Gasteiger partial charge >= 0.3 is 118 Å². The zero-order chi connectivity index (χ0) is 11.7. The number of hydrogen-bond acceptors (Lipinski definition) is 3. The van der Waals surface area contributed by atoms with Crippen LogP contribution in [0, 0.1) is 11.8 Å². The van der Waals surface area contributed by atoms with Gasteiger partial charge in [0.25, 0.3) is 0 Å². The second-order valence-electron chi connectivity index (χ2n) is 4.87. The molecule has 3 nitrogen and oxygen atoms in total. The number of rotatable bonds is 1. The molecule has 0 amide bonds. The third-order valence-corrected chi connectivity index (χ3v) is 6.73. The fraction of sp³-hybridized carbons (Fsp3) is 0.583. The van der Waals surface area contributed by atoms with Gasteiger partial charge in [-0.2, -0.15) is 0 Å². The van der Waals surface area contributed by atoms with Crippen LogP contribution in [-0.4, -0.2) is 18.1 Å². The van der Waals surface area contributed by atoms with Crippen LogP contribution in [0.1, 0.15) is 13.8 Å². The van der Waals surface area contributed by atoms with Crippen LogP contribution >= 0.6 is 0 Å². The maximum absolute atomic E-state index is 5.98. The molecular formula is C12H18N3Y. The summed E-state index contributed by atoms with van der Waals surface area (Å²) in [5.41, 5.74) is 7.93. The number of nitrogens with zero attached hydrogens (tertiary/aromatic N) is 2. The van der Waals surface area contributed by atoms with Gasteiger partial charge in [0.05, 0.1) is 0 Å². The molecule has 2 N–H and O–H groups in total. The van der Waals surface area contributed by atoms with Gasteiger partial charge in [-0.3, -0.25) is 0 Å². The first-order valence-corrected chi connectivity index (χ1v) is 7.43. The van der Waals surface area contributed by atoms with Crippen molar-refractivity contribution >= 4 is 11.4 Å². The van der Waals surface area contributed by atoms with Gasteiger partial charge in [0, 0.05) is 0 Å². The number of anilines is 2. The van der Waals surface area contributed by atoms with Crippen LogP contribution in [0.15, 0.2) is 18.5 Å². The van der Waals surface area contributed by atoms with Crippen molar-refractivity contribution in [1.82, 2.24) is 4.98 Å². The molecule has 0 aromatic carbocycles. The Morgan fingerprint density at radius 3 is 2.56 bits per heavy atom. The topological polar surface area (TPSA) is 42.2 Å². The first-order chi connectivity index (χ1) is 7.59. The third-order valence-electron chi connectivity index (χ3n) is 3.50. The Labute approximate surface area is 117 Å². The molecule has 0 unspecified atom stereocenters. The molecule has 0 bridgehead atoms. The van der Waals surface area contributed by atoms with Crippen LogP contribution in [0.25, 0.3) is 0 Å². The van der Waals surface area contributed by atoms with Crippen LogP contribution in [0.5, 0.6) is 0 Å². The van der Waals surface area contributed by atoms with Gasteiger partial charge in [-0.1, -0.05) is 0 Å². The van der Waals surface area contributed by atoms with Gasteiger partial charge < -0.3 is 0 Å². The van der Waals surface area contributed by atoms with Gasteiger partial charge in [-0.15, -0.1) is 0 Å². The fourth-order valence-electron chi connectivity index (χ4n) is 2.46. The molecule has 1 aliphatic rings. The summed E-state index contributed by atoms with van der Waals surface area (Å²) in [5.74, 6) is 1.55. The minimum atomic E-state index is 0.777. The summed E-state index contributed by atoms with van der Waals surface area (Å²) in [5, 5.41) is 0. The van der Waals surface area contributed by atoms with Crippen LogP contribution in [0.4, 0.5) is 11.4 Å². The number of piperidine rings is 1. The first kappa shape index (κ1) is 12.3. The molecule has 1 aromatic rings. The second-order valence-corrected chi connectivity index (χ2v) is 6.76. The minimum absolute atomic E-state index is 0.777. The summed E-state index contributed by atoms with van der Waals surface area (Å²) >= 11 is 1.37. The van der Waals surface area contributed by atoms with Crippen molar-refractivity contribution in [2.75, 3.05) is 23.7 Å². The Balaban J connectivity index is 2.20. The zero-order valence-corrected chi connectivity index (χ0v) is 12.8. The van der Waals surface area contributed by atoms with Crippen molar-refractivity contribution in [1.29, 1.82) is 0 Å². The maximum atomic E-state index is 5.98. The molecule has 1 saturated heterocycles. The molecule has 1 aliphatic heterocycles. The number of hydrogen-bond donors (Lipinski definition) is 1. The Bertz CT molecular complexity index is 357. The molecule has 1 aromatic heterocycles. The number of nitrogens with two attached hydrogens (primary N) is 1. The Morgan fingerprint density at radius 2 is 2.00 bits per heavy atom. The molecule has 84 valence electrons. The molecule has 1 fully saturated rings. The monoisotopic (exact) mass is 293 g/mol. The number of nitrogen functional groups attached to an aromatic ring is 1. The average Bonchev–Trinajstić information content (AvgIpc) is 2.26. The van der Waals surface area contributed by atoms with E-state index in [1.165, 1.54) is 31.0 Å². The van der Waals surface area contributed by atoms with Gasteiger partial charge in [-0.05, 0) is 0 Å². The van der Waals surface area contributed by atoms with Crippen molar-refractivity contribution in [3.63, 3.8) is 0 Å². The van der Waals surface area contributed by atoms with E-state index in [0.717, 1.165) is 39.0 Å². The van der Waals surface area contributed by atoms with E-state index in [-0.39, 0.29) is 0 Å². The van der Waals surface area contributed by atoms with Crippen LogP contribution in [-0.2, 0) is 31.0 Å². The zero-order valence-electron chi connectivity index (χ0n) is 9.93. The second kappa shape index (κ2) is 5.01. The van der Waals surface area contributed by atoms with Gasteiger partial charge in [-0.25, -0.2) is 0 Å². The molecule has 16 heavy (non-hydrogen) atoms. The summed E-state index contributed by atoms with van der Waals surface area (Å²) in [6, 6.07) is 2.03. The summed E-state index contributed by atoms with van der Waals surface area (Å²) < 4.78 is 0.921. The summed E-state index contributed by atoms with van der Waals surface area (Å²) in [7, 11) is 0. The molecule has 4 heteroatoms. The van der Waals surface area contributed by atoms with E-state index in [1.807, 2.05) is 12.3 Å². The van der Waals surface area contributed by atoms with Gasteiger partial charge in [0.1, 0.15) is 0 Å². The quantitative estimate of drug-likeness (QED) is 0.862. The van der Waals surface area contributed by atoms with E-state index in [1.54, 1.807) is 6.20 Å². The van der Waals surface area contributed by atoms with Crippen molar-refractivity contribution in [3.05, 3.63) is 18.5 Å². The van der Waals surface area contributed by atoms with E-state index >= 15 is 0 Å². The van der Waals surface area contributed by atoms with Crippen molar-refractivity contribution in [3.8, 4) is 0 Å². The van der Waals surface area contributed by atoms with Gasteiger partial charge in [0.2, 0.25) is 0 Å². The Hall–Kier alpha value is -0.146. The molecule has 2 heterocycles. The number of pyridine rings is 1. The SMILES string of the molecule is C[C@@H]1CN(c2ccncc2N)C[C@H](C)[C@@H]1[Y]. The standard InChI is InChI=1S/C12H18N3.Y/c1-9-5-10(2)8-15(7-9)12-3-4-14-6-11(12)13;/h3-6,9-10H,7-8,13H2,1-2H3;/t9-,10+;. The fourth-order valence-corrected chi connectivity index (χ4v) is 3.06. The van der Waals surface area contributed by atoms with Gasteiger partial charge in [0.15, 0.2) is 0 Å². The van der Waals surface area contributed by atoms with E-state index in [9.17, 15) is 0 Å². The van der Waals surface area contributed by atoms with E-state index in [0.29, 0.717) is 0 Å². The molecule has 0 radical (unpaired) electrons. The molecular weight excluding hydrogens is 275 g/mol. The predicted molar refractivity (Wildman–Crippen MR) is 62.9 cm³/mol. The number of aromatic nitrogens is 1. The summed E-state index contributed by atoms with van der Waals surface area (Å²) in [6.07, 6.45) is 3.57. The third kappa shape index (κ3) is 2.40. The molecule has 2 rings (SSSR count). The van der Waals surface area contributed by atoms with E-state index in [2.05, 4.69) is 23.7 Å². The van der Waals surface area contributed by atoms with E-state index in [4.69, 9.17) is 5.73 Å². The van der Waals surface area contributed by atoms with Crippen molar-refractivity contribution in [2.24, 2.45) is 11.8 Å². The van der Waals surface area contributed by atoms with Crippen molar-refractivity contribution in [2.45, 2.75) is 16.6 Å². The molecule has 3 atom stereocenters. The van der Waals surface area contributed by atoms with Crippen LogP contribution in [0.2, 0.25) is 2.73 Å². The average molecular weight is 293 g/mol. The first-order valence-electron chi connectivity index (χ1n) is 5.79. The van der Waals surface area contributed by atoms with E-state index < -0.39 is 0 Å². The molecule has 0 saturated carbocycles. The molecule has 0 spiro atoms. The summed E-state index contributed by atoms with van der Waals surface area (Å²) in [4.78, 5) is 6.46.